The molecule has 0 saturated carbocycles. The van der Waals surface area contributed by atoms with E-state index in [-0.39, 0.29) is 12.5 Å². The fraction of sp³-hybridized carbons (Fsp3) is 0.529. The molecule has 1 aromatic carbocycles. The van der Waals surface area contributed by atoms with Crippen LogP contribution in [0, 0.1) is 17.2 Å². The van der Waals surface area contributed by atoms with Crippen LogP contribution >= 0.6 is 0 Å². The van der Waals surface area contributed by atoms with Gasteiger partial charge in [-0.15, -0.1) is 0 Å². The molecule has 4 heteroatoms. The monoisotopic (exact) mass is 285 g/mol. The number of hydrogen-bond acceptors (Lipinski definition) is 3. The molecule has 1 heterocycles. The molecule has 0 aromatic heterocycles. The standard InChI is InChI=1S/C17H23N3O/c18-10-12-20(14-16-5-2-1-3-6-16)17(21)9-8-15-7-4-11-19-13-15/h1-3,5-6,15,19H,4,7-9,11-14H2. The summed E-state index contributed by atoms with van der Waals surface area (Å²) < 4.78 is 0. The van der Waals surface area contributed by atoms with Crippen LogP contribution in [0.4, 0.5) is 0 Å². The van der Waals surface area contributed by atoms with Gasteiger partial charge in [0.15, 0.2) is 0 Å². The van der Waals surface area contributed by atoms with Crippen LogP contribution < -0.4 is 5.32 Å². The normalized spacial score (nSPS) is 18.0. The van der Waals surface area contributed by atoms with Crippen LogP contribution in [-0.2, 0) is 11.3 Å². The van der Waals surface area contributed by atoms with E-state index in [0.29, 0.717) is 18.9 Å². The molecular formula is C17H23N3O. The molecule has 1 aliphatic rings. The van der Waals surface area contributed by atoms with Gasteiger partial charge in [0, 0.05) is 13.0 Å². The molecule has 1 saturated heterocycles. The molecule has 1 fully saturated rings. The van der Waals surface area contributed by atoms with Crippen molar-refractivity contribution in [3.63, 3.8) is 0 Å². The van der Waals surface area contributed by atoms with E-state index in [9.17, 15) is 4.79 Å². The number of carbonyl (C=O) groups is 1. The Morgan fingerprint density at radius 1 is 1.38 bits per heavy atom. The Hall–Kier alpha value is -1.86. The second-order valence-electron chi connectivity index (χ2n) is 5.64. The molecular weight excluding hydrogens is 262 g/mol. The topological polar surface area (TPSA) is 56.1 Å². The minimum atomic E-state index is 0.0889. The van der Waals surface area contributed by atoms with Gasteiger partial charge in [0.2, 0.25) is 5.91 Å². The largest absolute Gasteiger partial charge is 0.325 e. The summed E-state index contributed by atoms with van der Waals surface area (Å²) in [5.74, 6) is 0.689. The van der Waals surface area contributed by atoms with Crippen molar-refractivity contribution in [2.24, 2.45) is 5.92 Å². The third kappa shape index (κ3) is 5.20. The van der Waals surface area contributed by atoms with Gasteiger partial charge in [-0.3, -0.25) is 4.79 Å². The Labute approximate surface area is 126 Å². The van der Waals surface area contributed by atoms with Crippen LogP contribution in [0.15, 0.2) is 30.3 Å². The van der Waals surface area contributed by atoms with Crippen LogP contribution in [0.1, 0.15) is 31.2 Å². The van der Waals surface area contributed by atoms with Gasteiger partial charge in [-0.2, -0.15) is 5.26 Å². The number of rotatable bonds is 6. The van der Waals surface area contributed by atoms with Gasteiger partial charge in [0.05, 0.1) is 6.07 Å². The van der Waals surface area contributed by atoms with Crippen molar-refractivity contribution < 1.29 is 4.79 Å². The average Bonchev–Trinajstić information content (AvgIpc) is 2.54. The van der Waals surface area contributed by atoms with Gasteiger partial charge >= 0.3 is 0 Å². The number of carbonyl (C=O) groups excluding carboxylic acids is 1. The zero-order chi connectivity index (χ0) is 14.9. The highest BCUT2D eigenvalue weighted by Gasteiger charge is 2.18. The lowest BCUT2D eigenvalue weighted by Gasteiger charge is -2.24. The van der Waals surface area contributed by atoms with E-state index in [0.717, 1.165) is 25.1 Å². The first kappa shape index (κ1) is 15.5. The van der Waals surface area contributed by atoms with Gasteiger partial charge in [0.1, 0.15) is 6.54 Å². The Morgan fingerprint density at radius 3 is 2.86 bits per heavy atom. The number of nitrogens with zero attached hydrogens (tertiary/aromatic N) is 2. The Bertz CT molecular complexity index is 475. The first-order chi connectivity index (χ1) is 10.3. The van der Waals surface area contributed by atoms with Crippen molar-refractivity contribution in [1.29, 1.82) is 5.26 Å². The summed E-state index contributed by atoms with van der Waals surface area (Å²) in [6.07, 6.45) is 3.87. The molecule has 0 spiro atoms. The summed E-state index contributed by atoms with van der Waals surface area (Å²) in [6.45, 7) is 2.80. The lowest BCUT2D eigenvalue weighted by Crippen LogP contribution is -2.33. The molecule has 0 bridgehead atoms. The molecule has 0 aliphatic carbocycles. The molecule has 2 rings (SSSR count). The van der Waals surface area contributed by atoms with Crippen LogP contribution in [0.3, 0.4) is 0 Å². The number of hydrogen-bond donors (Lipinski definition) is 1. The van der Waals surface area contributed by atoms with Gasteiger partial charge in [-0.05, 0) is 43.8 Å². The maximum atomic E-state index is 12.3. The Morgan fingerprint density at radius 2 is 2.19 bits per heavy atom. The van der Waals surface area contributed by atoms with Gasteiger partial charge in [-0.1, -0.05) is 30.3 Å². The molecule has 1 aromatic rings. The number of benzene rings is 1. The van der Waals surface area contributed by atoms with Crippen LogP contribution in [0.25, 0.3) is 0 Å². The summed E-state index contributed by atoms with van der Waals surface area (Å²) in [6, 6.07) is 11.9. The molecule has 1 amide bonds. The maximum Gasteiger partial charge on any atom is 0.223 e. The highest BCUT2D eigenvalue weighted by Crippen LogP contribution is 2.17. The van der Waals surface area contributed by atoms with Crippen LogP contribution in [-0.4, -0.2) is 30.4 Å². The Kier molecular flexibility index (Phi) is 6.23. The number of piperidine rings is 1. The van der Waals surface area contributed by atoms with Crippen LogP contribution in [0.5, 0.6) is 0 Å². The maximum absolute atomic E-state index is 12.3. The van der Waals surface area contributed by atoms with E-state index < -0.39 is 0 Å². The molecule has 1 N–H and O–H groups in total. The molecule has 4 nitrogen and oxygen atoms in total. The summed E-state index contributed by atoms with van der Waals surface area (Å²) in [4.78, 5) is 14.0. The van der Waals surface area contributed by atoms with E-state index in [2.05, 4.69) is 11.4 Å². The number of amides is 1. The predicted molar refractivity (Wildman–Crippen MR) is 82.3 cm³/mol. The second-order valence-corrected chi connectivity index (χ2v) is 5.64. The zero-order valence-electron chi connectivity index (χ0n) is 12.4. The predicted octanol–water partition coefficient (Wildman–Crippen LogP) is 2.32. The summed E-state index contributed by atoms with van der Waals surface area (Å²) in [7, 11) is 0. The highest BCUT2D eigenvalue weighted by atomic mass is 16.2. The molecule has 1 atom stereocenters. The minimum absolute atomic E-state index is 0.0889. The zero-order valence-corrected chi connectivity index (χ0v) is 12.4. The van der Waals surface area contributed by atoms with E-state index in [4.69, 9.17) is 5.26 Å². The SMILES string of the molecule is N#CCN(Cc1ccccc1)C(=O)CCC1CCCNC1. The highest BCUT2D eigenvalue weighted by molar-refractivity contribution is 5.76. The van der Waals surface area contributed by atoms with Crippen molar-refractivity contribution in [3.8, 4) is 6.07 Å². The number of nitrogens with one attached hydrogen (secondary N) is 1. The van der Waals surface area contributed by atoms with Gasteiger partial charge in [0.25, 0.3) is 0 Å². The first-order valence-electron chi connectivity index (χ1n) is 7.69. The van der Waals surface area contributed by atoms with Crippen molar-refractivity contribution in [1.82, 2.24) is 10.2 Å². The van der Waals surface area contributed by atoms with Crippen molar-refractivity contribution in [2.75, 3.05) is 19.6 Å². The third-order valence-electron chi connectivity index (χ3n) is 4.00. The molecule has 1 aliphatic heterocycles. The average molecular weight is 285 g/mol. The smallest absolute Gasteiger partial charge is 0.223 e. The molecule has 1 unspecified atom stereocenters. The molecule has 21 heavy (non-hydrogen) atoms. The number of nitriles is 1. The summed E-state index contributed by atoms with van der Waals surface area (Å²) in [5, 5.41) is 12.3. The fourth-order valence-corrected chi connectivity index (χ4v) is 2.78. The van der Waals surface area contributed by atoms with E-state index >= 15 is 0 Å². The summed E-state index contributed by atoms with van der Waals surface area (Å²) >= 11 is 0. The van der Waals surface area contributed by atoms with E-state index in [1.54, 1.807) is 4.90 Å². The van der Waals surface area contributed by atoms with E-state index in [1.165, 1.54) is 12.8 Å². The lowest BCUT2D eigenvalue weighted by molar-refractivity contribution is -0.131. The van der Waals surface area contributed by atoms with Gasteiger partial charge in [-0.25, -0.2) is 0 Å². The van der Waals surface area contributed by atoms with Crippen molar-refractivity contribution in [3.05, 3.63) is 35.9 Å². The lowest BCUT2D eigenvalue weighted by atomic mass is 9.94. The van der Waals surface area contributed by atoms with Crippen molar-refractivity contribution >= 4 is 5.91 Å². The molecule has 0 radical (unpaired) electrons. The third-order valence-corrected chi connectivity index (χ3v) is 4.00. The fourth-order valence-electron chi connectivity index (χ4n) is 2.78. The molecule has 112 valence electrons. The Balaban J connectivity index is 1.85. The van der Waals surface area contributed by atoms with E-state index in [1.807, 2.05) is 30.3 Å². The first-order valence-corrected chi connectivity index (χ1v) is 7.69. The second kappa shape index (κ2) is 8.43. The minimum Gasteiger partial charge on any atom is -0.325 e. The summed E-state index contributed by atoms with van der Waals surface area (Å²) in [5.41, 5.74) is 1.07. The van der Waals surface area contributed by atoms with Gasteiger partial charge < -0.3 is 10.2 Å². The van der Waals surface area contributed by atoms with Crippen LogP contribution in [0.2, 0.25) is 0 Å². The quantitative estimate of drug-likeness (QED) is 0.816. The van der Waals surface area contributed by atoms with Crippen molar-refractivity contribution in [2.45, 2.75) is 32.2 Å².